The standard InChI is InChI=1S/C24H27N5O4/c1-15-19(16(2)27(3)26-15)22(30)20-21(17-6-8-18(33-4)9-7-17)29(24(32)23(20)31)12-5-11-28-13-10-25-14-28/h6-10,13-14,21,30H,5,11-12H2,1-4H3/t21-/m1/s1. The van der Waals surface area contributed by atoms with Gasteiger partial charge in [0.15, 0.2) is 0 Å². The van der Waals surface area contributed by atoms with Crippen molar-refractivity contribution in [1.82, 2.24) is 24.2 Å². The number of ether oxygens (including phenoxy) is 1. The van der Waals surface area contributed by atoms with Crippen LogP contribution in [0.25, 0.3) is 5.76 Å². The van der Waals surface area contributed by atoms with Gasteiger partial charge in [0.1, 0.15) is 11.5 Å². The number of imidazole rings is 1. The zero-order valence-corrected chi connectivity index (χ0v) is 19.1. The Labute approximate surface area is 191 Å². The number of likely N-dealkylation sites (tertiary alicyclic amines) is 1. The topological polar surface area (TPSA) is 102 Å². The van der Waals surface area contributed by atoms with E-state index in [-0.39, 0.29) is 11.3 Å². The minimum absolute atomic E-state index is 0.0759. The number of nitrogens with zero attached hydrogens (tertiary/aromatic N) is 5. The molecule has 1 fully saturated rings. The van der Waals surface area contributed by atoms with Crippen molar-refractivity contribution in [2.75, 3.05) is 13.7 Å². The highest BCUT2D eigenvalue weighted by atomic mass is 16.5. The molecule has 0 saturated carbocycles. The molecule has 1 atom stereocenters. The van der Waals surface area contributed by atoms with Crippen LogP contribution in [0, 0.1) is 13.8 Å². The van der Waals surface area contributed by atoms with Crippen molar-refractivity contribution >= 4 is 17.4 Å². The van der Waals surface area contributed by atoms with Gasteiger partial charge in [0.2, 0.25) is 0 Å². The van der Waals surface area contributed by atoms with Crippen molar-refractivity contribution in [2.45, 2.75) is 32.9 Å². The lowest BCUT2D eigenvalue weighted by molar-refractivity contribution is -0.139. The number of amides is 1. The van der Waals surface area contributed by atoms with Crippen molar-refractivity contribution in [3.63, 3.8) is 0 Å². The summed E-state index contributed by atoms with van der Waals surface area (Å²) >= 11 is 0. The number of aryl methyl sites for hydroxylation is 3. The molecule has 1 aliphatic heterocycles. The van der Waals surface area contributed by atoms with Crippen LogP contribution in [0.15, 0.2) is 48.6 Å². The first kappa shape index (κ1) is 22.3. The molecule has 0 unspecified atom stereocenters. The normalized spacial score (nSPS) is 17.7. The van der Waals surface area contributed by atoms with Crippen LogP contribution in [0.3, 0.4) is 0 Å². The number of hydrogen-bond donors (Lipinski definition) is 1. The second-order valence-electron chi connectivity index (χ2n) is 8.09. The summed E-state index contributed by atoms with van der Waals surface area (Å²) in [5, 5.41) is 15.7. The Morgan fingerprint density at radius 2 is 1.88 bits per heavy atom. The lowest BCUT2D eigenvalue weighted by Crippen LogP contribution is -2.31. The molecule has 33 heavy (non-hydrogen) atoms. The van der Waals surface area contributed by atoms with Crippen molar-refractivity contribution in [3.05, 3.63) is 71.1 Å². The minimum Gasteiger partial charge on any atom is -0.507 e. The molecule has 172 valence electrons. The van der Waals surface area contributed by atoms with Gasteiger partial charge in [-0.2, -0.15) is 5.10 Å². The van der Waals surface area contributed by atoms with Gasteiger partial charge in [-0.15, -0.1) is 0 Å². The maximum Gasteiger partial charge on any atom is 0.295 e. The van der Waals surface area contributed by atoms with Crippen LogP contribution in [-0.4, -0.2) is 54.7 Å². The van der Waals surface area contributed by atoms with Crippen LogP contribution in [0.4, 0.5) is 0 Å². The summed E-state index contributed by atoms with van der Waals surface area (Å²) < 4.78 is 8.82. The Kier molecular flexibility index (Phi) is 6.04. The zero-order valence-electron chi connectivity index (χ0n) is 19.1. The first-order valence-corrected chi connectivity index (χ1v) is 10.7. The van der Waals surface area contributed by atoms with Gasteiger partial charge in [0.25, 0.3) is 11.7 Å². The van der Waals surface area contributed by atoms with E-state index < -0.39 is 17.7 Å². The average Bonchev–Trinajstić information content (AvgIpc) is 3.47. The lowest BCUT2D eigenvalue weighted by Gasteiger charge is -2.25. The second-order valence-corrected chi connectivity index (χ2v) is 8.09. The lowest BCUT2D eigenvalue weighted by atomic mass is 9.94. The molecule has 3 heterocycles. The number of benzene rings is 1. The molecule has 2 aromatic heterocycles. The highest BCUT2D eigenvalue weighted by Gasteiger charge is 2.46. The maximum atomic E-state index is 13.2. The van der Waals surface area contributed by atoms with E-state index in [0.29, 0.717) is 42.2 Å². The first-order valence-electron chi connectivity index (χ1n) is 10.7. The molecule has 1 amide bonds. The van der Waals surface area contributed by atoms with Gasteiger partial charge in [0, 0.05) is 38.2 Å². The number of ketones is 1. The van der Waals surface area contributed by atoms with Crippen LogP contribution < -0.4 is 4.74 Å². The summed E-state index contributed by atoms with van der Waals surface area (Å²) in [7, 11) is 3.35. The Morgan fingerprint density at radius 3 is 2.45 bits per heavy atom. The minimum atomic E-state index is -0.710. The molecule has 9 nitrogen and oxygen atoms in total. The number of aliphatic hydroxyl groups excluding tert-OH is 1. The highest BCUT2D eigenvalue weighted by Crippen LogP contribution is 2.40. The van der Waals surface area contributed by atoms with E-state index in [0.717, 1.165) is 5.56 Å². The van der Waals surface area contributed by atoms with Crippen LogP contribution in [0.1, 0.15) is 35.0 Å². The van der Waals surface area contributed by atoms with E-state index >= 15 is 0 Å². The number of Topliss-reactive ketones (excluding diaryl/α,β-unsaturated/α-hetero) is 1. The van der Waals surface area contributed by atoms with Crippen molar-refractivity contribution in [3.8, 4) is 5.75 Å². The van der Waals surface area contributed by atoms with Crippen molar-refractivity contribution in [1.29, 1.82) is 0 Å². The number of carbonyl (C=O) groups is 2. The number of rotatable bonds is 7. The molecule has 9 heteroatoms. The van der Waals surface area contributed by atoms with E-state index in [1.54, 1.807) is 50.4 Å². The van der Waals surface area contributed by atoms with Crippen LogP contribution in [0.2, 0.25) is 0 Å². The Bertz CT molecular complexity index is 1210. The summed E-state index contributed by atoms with van der Waals surface area (Å²) in [5.74, 6) is -0.857. The molecule has 1 saturated heterocycles. The Balaban J connectivity index is 1.77. The van der Waals surface area contributed by atoms with Gasteiger partial charge in [-0.05, 0) is 38.0 Å². The van der Waals surface area contributed by atoms with Gasteiger partial charge >= 0.3 is 0 Å². The number of carbonyl (C=O) groups excluding carboxylic acids is 2. The summed E-state index contributed by atoms with van der Waals surface area (Å²) in [6.45, 7) is 4.59. The Hall–Kier alpha value is -3.88. The predicted molar refractivity (Wildman–Crippen MR) is 122 cm³/mol. The fourth-order valence-electron chi connectivity index (χ4n) is 4.34. The van der Waals surface area contributed by atoms with Gasteiger partial charge in [-0.25, -0.2) is 4.98 Å². The Morgan fingerprint density at radius 1 is 1.15 bits per heavy atom. The van der Waals surface area contributed by atoms with E-state index in [4.69, 9.17) is 4.74 Å². The smallest absolute Gasteiger partial charge is 0.295 e. The summed E-state index contributed by atoms with van der Waals surface area (Å²) in [6.07, 6.45) is 5.88. The third kappa shape index (κ3) is 4.02. The number of aliphatic hydroxyl groups is 1. The maximum absolute atomic E-state index is 13.2. The monoisotopic (exact) mass is 449 g/mol. The fraction of sp³-hybridized carbons (Fsp3) is 0.333. The SMILES string of the molecule is COc1ccc([C@@H]2C(=C(O)c3c(C)nn(C)c3C)C(=O)C(=O)N2CCCn2ccnc2)cc1. The molecule has 1 aromatic carbocycles. The fourth-order valence-corrected chi connectivity index (χ4v) is 4.34. The molecule has 1 aliphatic rings. The van der Waals surface area contributed by atoms with Gasteiger partial charge < -0.3 is 19.3 Å². The molecule has 3 aromatic rings. The summed E-state index contributed by atoms with van der Waals surface area (Å²) in [6, 6.07) is 6.48. The zero-order chi connectivity index (χ0) is 23.7. The summed E-state index contributed by atoms with van der Waals surface area (Å²) in [5.41, 5.74) is 2.58. The van der Waals surface area contributed by atoms with Crippen LogP contribution >= 0.6 is 0 Å². The third-order valence-electron chi connectivity index (χ3n) is 6.09. The number of aromatic nitrogens is 4. The van der Waals surface area contributed by atoms with Crippen LogP contribution in [-0.2, 0) is 23.2 Å². The highest BCUT2D eigenvalue weighted by molar-refractivity contribution is 6.46. The van der Waals surface area contributed by atoms with Gasteiger partial charge in [-0.3, -0.25) is 14.3 Å². The summed E-state index contributed by atoms with van der Waals surface area (Å²) in [4.78, 5) is 31.8. The predicted octanol–water partition coefficient (Wildman–Crippen LogP) is 2.75. The molecule has 0 radical (unpaired) electrons. The first-order chi connectivity index (χ1) is 15.8. The molecule has 1 N–H and O–H groups in total. The molecular formula is C24H27N5O4. The average molecular weight is 450 g/mol. The molecule has 0 bridgehead atoms. The van der Waals surface area contributed by atoms with E-state index in [1.165, 1.54) is 4.90 Å². The second kappa shape index (κ2) is 8.93. The van der Waals surface area contributed by atoms with Gasteiger partial charge in [-0.1, -0.05) is 12.1 Å². The van der Waals surface area contributed by atoms with E-state index in [9.17, 15) is 14.7 Å². The van der Waals surface area contributed by atoms with Crippen molar-refractivity contribution < 1.29 is 19.4 Å². The number of methoxy groups -OCH3 is 1. The van der Waals surface area contributed by atoms with E-state index in [1.807, 2.05) is 29.8 Å². The van der Waals surface area contributed by atoms with Gasteiger partial charge in [0.05, 0.1) is 36.3 Å². The third-order valence-corrected chi connectivity index (χ3v) is 6.09. The molecular weight excluding hydrogens is 422 g/mol. The van der Waals surface area contributed by atoms with Crippen molar-refractivity contribution in [2.24, 2.45) is 7.05 Å². The molecule has 4 rings (SSSR count). The van der Waals surface area contributed by atoms with Crippen LogP contribution in [0.5, 0.6) is 5.75 Å². The molecule has 0 aliphatic carbocycles. The molecule has 0 spiro atoms. The largest absolute Gasteiger partial charge is 0.507 e. The van der Waals surface area contributed by atoms with E-state index in [2.05, 4.69) is 10.1 Å². The number of hydrogen-bond acceptors (Lipinski definition) is 6. The quantitative estimate of drug-likeness (QED) is 0.338.